The smallest absolute Gasteiger partial charge is 0.258 e. The van der Waals surface area contributed by atoms with Crippen LogP contribution in [0.4, 0.5) is 0 Å². The summed E-state index contributed by atoms with van der Waals surface area (Å²) in [4.78, 5) is 14.1. The molecule has 0 aromatic heterocycles. The lowest BCUT2D eigenvalue weighted by molar-refractivity contribution is -0.126. The zero-order chi connectivity index (χ0) is 15.2. The number of hydrogen-bond donors (Lipinski definition) is 1. The van der Waals surface area contributed by atoms with Crippen LogP contribution in [0.1, 0.15) is 31.4 Å². The van der Waals surface area contributed by atoms with Crippen molar-refractivity contribution in [3.05, 3.63) is 38.5 Å². The highest BCUT2D eigenvalue weighted by molar-refractivity contribution is 9.10. The monoisotopic (exact) mass is 357 g/mol. The molecule has 1 aliphatic heterocycles. The molecule has 108 valence electrons. The predicted molar refractivity (Wildman–Crippen MR) is 84.9 cm³/mol. The lowest BCUT2D eigenvalue weighted by atomic mass is 9.93. The normalized spacial score (nSPS) is 22.9. The van der Waals surface area contributed by atoms with Gasteiger partial charge in [-0.2, -0.15) is 0 Å². The average molecular weight is 359 g/mol. The van der Waals surface area contributed by atoms with E-state index in [-0.39, 0.29) is 11.7 Å². The minimum Gasteiger partial charge on any atom is -0.509 e. The van der Waals surface area contributed by atoms with Crippen molar-refractivity contribution in [2.45, 2.75) is 32.7 Å². The van der Waals surface area contributed by atoms with Crippen molar-refractivity contribution in [1.82, 2.24) is 4.90 Å². The maximum absolute atomic E-state index is 12.5. The molecule has 0 bridgehead atoms. The van der Waals surface area contributed by atoms with Crippen LogP contribution in [0.3, 0.4) is 0 Å². The number of amides is 1. The van der Waals surface area contributed by atoms with E-state index in [2.05, 4.69) is 15.9 Å². The van der Waals surface area contributed by atoms with Crippen molar-refractivity contribution < 1.29 is 9.90 Å². The fraction of sp³-hybridized carbons (Fsp3) is 0.400. The van der Waals surface area contributed by atoms with Crippen LogP contribution >= 0.6 is 27.5 Å². The Morgan fingerprint density at radius 3 is 2.50 bits per heavy atom. The topological polar surface area (TPSA) is 40.5 Å². The highest BCUT2D eigenvalue weighted by Crippen LogP contribution is 2.43. The van der Waals surface area contributed by atoms with E-state index < -0.39 is 5.54 Å². The maximum Gasteiger partial charge on any atom is 0.258 e. The van der Waals surface area contributed by atoms with E-state index in [4.69, 9.17) is 11.6 Å². The van der Waals surface area contributed by atoms with Gasteiger partial charge in [-0.3, -0.25) is 4.79 Å². The molecule has 1 aromatic carbocycles. The molecule has 2 rings (SSSR count). The molecule has 1 aliphatic rings. The largest absolute Gasteiger partial charge is 0.509 e. The Morgan fingerprint density at radius 1 is 1.45 bits per heavy atom. The molecular formula is C15H17BrClNO2. The zero-order valence-corrected chi connectivity index (χ0v) is 14.3. The first-order valence-corrected chi connectivity index (χ1v) is 7.59. The molecule has 1 atom stereocenters. The number of benzene rings is 1. The first-order valence-electron chi connectivity index (χ1n) is 6.42. The van der Waals surface area contributed by atoms with Gasteiger partial charge in [-0.15, -0.1) is 0 Å². The molecule has 1 unspecified atom stereocenters. The summed E-state index contributed by atoms with van der Waals surface area (Å²) in [6, 6.07) is 3.62. The predicted octanol–water partition coefficient (Wildman–Crippen LogP) is 4.32. The van der Waals surface area contributed by atoms with Gasteiger partial charge in [0.05, 0.1) is 16.1 Å². The molecule has 0 radical (unpaired) electrons. The molecule has 3 nitrogen and oxygen atoms in total. The second kappa shape index (κ2) is 5.08. The number of carbonyl (C=O) groups is 1. The Kier molecular flexibility index (Phi) is 3.91. The molecule has 5 heteroatoms. The molecule has 1 heterocycles. The second-order valence-corrected chi connectivity index (χ2v) is 6.62. The van der Waals surface area contributed by atoms with E-state index >= 15 is 0 Å². The van der Waals surface area contributed by atoms with Crippen molar-refractivity contribution in [1.29, 1.82) is 0 Å². The van der Waals surface area contributed by atoms with Crippen molar-refractivity contribution in [3.63, 3.8) is 0 Å². The highest BCUT2D eigenvalue weighted by Gasteiger charge is 2.46. The van der Waals surface area contributed by atoms with Gasteiger partial charge in [0.15, 0.2) is 0 Å². The molecule has 1 aromatic rings. The number of aliphatic hydroxyl groups is 1. The summed E-state index contributed by atoms with van der Waals surface area (Å²) in [5.74, 6) is -0.0982. The zero-order valence-electron chi connectivity index (χ0n) is 11.9. The Labute approximate surface area is 132 Å². The summed E-state index contributed by atoms with van der Waals surface area (Å²) in [5.41, 5.74) is 1.11. The summed E-state index contributed by atoms with van der Waals surface area (Å²) in [6.07, 6.45) is 0.637. The van der Waals surface area contributed by atoms with Crippen LogP contribution in [0.2, 0.25) is 5.02 Å². The summed E-state index contributed by atoms with van der Waals surface area (Å²) < 4.78 is 0.848. The third kappa shape index (κ3) is 2.06. The molecule has 0 spiro atoms. The minimum atomic E-state index is -0.671. The summed E-state index contributed by atoms with van der Waals surface area (Å²) in [5, 5.41) is 11.0. The second-order valence-electron chi connectivity index (χ2n) is 5.29. The van der Waals surface area contributed by atoms with Gasteiger partial charge in [-0.25, -0.2) is 0 Å². The van der Waals surface area contributed by atoms with Gasteiger partial charge in [0.25, 0.3) is 5.91 Å². The van der Waals surface area contributed by atoms with Crippen LogP contribution in [0.15, 0.2) is 22.4 Å². The van der Waals surface area contributed by atoms with Crippen molar-refractivity contribution in [2.75, 3.05) is 7.05 Å². The number of likely N-dealkylation sites (N-methyl/N-ethyl adjacent to an activating group) is 1. The maximum atomic E-state index is 12.5. The fourth-order valence-electron chi connectivity index (χ4n) is 2.57. The van der Waals surface area contributed by atoms with Crippen LogP contribution in [-0.4, -0.2) is 28.5 Å². The number of carbonyl (C=O) groups excluding carboxylic acids is 1. The molecule has 1 N–H and O–H groups in total. The van der Waals surface area contributed by atoms with Gasteiger partial charge in [0.2, 0.25) is 0 Å². The van der Waals surface area contributed by atoms with Crippen molar-refractivity contribution in [3.8, 4) is 0 Å². The first-order chi connectivity index (χ1) is 9.24. The first kappa shape index (κ1) is 15.4. The standard InChI is InChI=1S/C15H17BrClNO2/c1-5-15(3)13(19)12(14(20)18(15)4)11-8(2)6-9(16)7-10(11)17/h6-7,19H,5H2,1-4H3. The quantitative estimate of drug-likeness (QED) is 0.855. The molecule has 0 fully saturated rings. The highest BCUT2D eigenvalue weighted by atomic mass is 79.9. The SMILES string of the molecule is CCC1(C)C(O)=C(c2c(C)cc(Br)cc2Cl)C(=O)N1C. The Hall–Kier alpha value is -1.00. The van der Waals surface area contributed by atoms with E-state index in [0.29, 0.717) is 22.6 Å². The van der Waals surface area contributed by atoms with E-state index in [1.807, 2.05) is 26.8 Å². The van der Waals surface area contributed by atoms with Crippen molar-refractivity contribution in [2.24, 2.45) is 0 Å². The van der Waals surface area contributed by atoms with Crippen LogP contribution in [-0.2, 0) is 4.79 Å². The minimum absolute atomic E-state index is 0.0971. The average Bonchev–Trinajstić information content (AvgIpc) is 2.53. The summed E-state index contributed by atoms with van der Waals surface area (Å²) >= 11 is 9.66. The van der Waals surface area contributed by atoms with Crippen LogP contribution in [0, 0.1) is 6.92 Å². The molecule has 20 heavy (non-hydrogen) atoms. The number of aryl methyl sites for hydroxylation is 1. The summed E-state index contributed by atoms with van der Waals surface area (Å²) in [7, 11) is 1.71. The van der Waals surface area contributed by atoms with E-state index in [1.54, 1.807) is 18.0 Å². The van der Waals surface area contributed by atoms with Gasteiger partial charge >= 0.3 is 0 Å². The number of halogens is 2. The molecule has 0 saturated heterocycles. The van der Waals surface area contributed by atoms with E-state index in [1.165, 1.54) is 0 Å². The fourth-order valence-corrected chi connectivity index (χ4v) is 3.64. The molecule has 0 aliphatic carbocycles. The van der Waals surface area contributed by atoms with E-state index in [9.17, 15) is 9.90 Å². The van der Waals surface area contributed by atoms with Crippen LogP contribution in [0.5, 0.6) is 0 Å². The number of aliphatic hydroxyl groups excluding tert-OH is 1. The van der Waals surface area contributed by atoms with Gasteiger partial charge in [-0.05, 0) is 38.0 Å². The number of hydrogen-bond acceptors (Lipinski definition) is 2. The van der Waals surface area contributed by atoms with Crippen LogP contribution < -0.4 is 0 Å². The summed E-state index contributed by atoms with van der Waals surface area (Å²) in [6.45, 7) is 5.68. The Bertz CT molecular complexity index is 603. The number of rotatable bonds is 2. The van der Waals surface area contributed by atoms with Crippen LogP contribution in [0.25, 0.3) is 5.57 Å². The third-order valence-electron chi connectivity index (χ3n) is 4.20. The molecule has 0 saturated carbocycles. The van der Waals surface area contributed by atoms with Crippen molar-refractivity contribution >= 4 is 39.0 Å². The van der Waals surface area contributed by atoms with Gasteiger partial charge in [-0.1, -0.05) is 34.5 Å². The Morgan fingerprint density at radius 2 is 2.05 bits per heavy atom. The lowest BCUT2D eigenvalue weighted by Gasteiger charge is -2.31. The molecule has 1 amide bonds. The van der Waals surface area contributed by atoms with Gasteiger partial charge < -0.3 is 10.0 Å². The van der Waals surface area contributed by atoms with Gasteiger partial charge in [0.1, 0.15) is 5.76 Å². The third-order valence-corrected chi connectivity index (χ3v) is 4.95. The molecular weight excluding hydrogens is 342 g/mol. The lowest BCUT2D eigenvalue weighted by Crippen LogP contribution is -2.42. The Balaban J connectivity index is 2.73. The number of nitrogens with zero attached hydrogens (tertiary/aromatic N) is 1. The van der Waals surface area contributed by atoms with Gasteiger partial charge in [0, 0.05) is 17.1 Å². The van der Waals surface area contributed by atoms with E-state index in [0.717, 1.165) is 10.0 Å².